The molecule has 3 N–H and O–H groups in total. The summed E-state index contributed by atoms with van der Waals surface area (Å²) in [6, 6.07) is 0.510. The van der Waals surface area contributed by atoms with E-state index in [0.29, 0.717) is 18.5 Å². The maximum absolute atomic E-state index is 5.63. The number of nitrogens with two attached hydrogens (primary N) is 1. The molecule has 0 amide bonds. The molecule has 1 saturated carbocycles. The maximum Gasteiger partial charge on any atom is 0.189 e. The SMILES string of the molecule is C#CCN=C(N)NC1CCCCC1. The van der Waals surface area contributed by atoms with Crippen molar-refractivity contribution in [3.05, 3.63) is 0 Å². The van der Waals surface area contributed by atoms with Crippen LogP contribution in [0.15, 0.2) is 4.99 Å². The molecule has 3 heteroatoms. The number of hydrogen-bond acceptors (Lipinski definition) is 1. The van der Waals surface area contributed by atoms with Gasteiger partial charge in [0.2, 0.25) is 0 Å². The molecule has 0 atom stereocenters. The van der Waals surface area contributed by atoms with Gasteiger partial charge in [0.05, 0.1) is 0 Å². The molecule has 0 spiro atoms. The highest BCUT2D eigenvalue weighted by molar-refractivity contribution is 5.78. The van der Waals surface area contributed by atoms with Crippen LogP contribution in [-0.4, -0.2) is 18.5 Å². The lowest BCUT2D eigenvalue weighted by molar-refractivity contribution is 0.412. The van der Waals surface area contributed by atoms with Gasteiger partial charge in [-0.25, -0.2) is 4.99 Å². The van der Waals surface area contributed by atoms with Crippen molar-refractivity contribution in [1.82, 2.24) is 5.32 Å². The Kier molecular flexibility index (Phi) is 4.17. The van der Waals surface area contributed by atoms with Crippen LogP contribution >= 0.6 is 0 Å². The summed E-state index contributed by atoms with van der Waals surface area (Å²) in [5.74, 6) is 2.92. The van der Waals surface area contributed by atoms with Crippen molar-refractivity contribution in [3.63, 3.8) is 0 Å². The Labute approximate surface area is 79.8 Å². The fraction of sp³-hybridized carbons (Fsp3) is 0.700. The van der Waals surface area contributed by atoms with E-state index in [-0.39, 0.29) is 0 Å². The second kappa shape index (κ2) is 5.47. The van der Waals surface area contributed by atoms with E-state index in [1.165, 1.54) is 32.1 Å². The fourth-order valence-corrected chi connectivity index (χ4v) is 1.63. The highest BCUT2D eigenvalue weighted by Crippen LogP contribution is 2.16. The average molecular weight is 179 g/mol. The van der Waals surface area contributed by atoms with Gasteiger partial charge >= 0.3 is 0 Å². The zero-order valence-electron chi connectivity index (χ0n) is 7.92. The summed E-state index contributed by atoms with van der Waals surface area (Å²) < 4.78 is 0. The molecule has 1 aliphatic carbocycles. The minimum absolute atomic E-state index is 0.367. The first-order chi connectivity index (χ1) is 6.33. The summed E-state index contributed by atoms with van der Waals surface area (Å²) in [6.45, 7) is 0.367. The van der Waals surface area contributed by atoms with E-state index in [2.05, 4.69) is 16.2 Å². The van der Waals surface area contributed by atoms with Crippen molar-refractivity contribution in [2.24, 2.45) is 10.7 Å². The van der Waals surface area contributed by atoms with E-state index in [0.717, 1.165) is 0 Å². The Morgan fingerprint density at radius 3 is 2.77 bits per heavy atom. The van der Waals surface area contributed by atoms with Gasteiger partial charge in [0.25, 0.3) is 0 Å². The third kappa shape index (κ3) is 3.84. The molecule has 0 aliphatic heterocycles. The number of terminal acetylenes is 1. The first-order valence-electron chi connectivity index (χ1n) is 4.83. The number of guanidine groups is 1. The van der Waals surface area contributed by atoms with Gasteiger partial charge in [-0.1, -0.05) is 25.2 Å². The van der Waals surface area contributed by atoms with Crippen molar-refractivity contribution in [2.75, 3.05) is 6.54 Å². The summed E-state index contributed by atoms with van der Waals surface area (Å²) in [6.07, 6.45) is 11.4. The topological polar surface area (TPSA) is 50.4 Å². The van der Waals surface area contributed by atoms with Crippen LogP contribution in [0.1, 0.15) is 32.1 Å². The summed E-state index contributed by atoms with van der Waals surface area (Å²) in [4.78, 5) is 3.98. The summed E-state index contributed by atoms with van der Waals surface area (Å²) >= 11 is 0. The molecule has 72 valence electrons. The van der Waals surface area contributed by atoms with Crippen LogP contribution in [0.5, 0.6) is 0 Å². The van der Waals surface area contributed by atoms with Crippen molar-refractivity contribution >= 4 is 5.96 Å². The standard InChI is InChI=1S/C10H17N3/c1-2-8-12-10(11)13-9-6-4-3-5-7-9/h1,9H,3-8H2,(H3,11,12,13). The van der Waals surface area contributed by atoms with E-state index in [1.54, 1.807) is 0 Å². The number of rotatable bonds is 2. The van der Waals surface area contributed by atoms with E-state index in [1.807, 2.05) is 0 Å². The summed E-state index contributed by atoms with van der Waals surface area (Å²) in [5.41, 5.74) is 5.63. The first-order valence-corrected chi connectivity index (χ1v) is 4.83. The molecule has 0 unspecified atom stereocenters. The zero-order valence-corrected chi connectivity index (χ0v) is 7.92. The molecule has 0 saturated heterocycles. The van der Waals surface area contributed by atoms with Crippen LogP contribution in [0.4, 0.5) is 0 Å². The summed E-state index contributed by atoms with van der Waals surface area (Å²) in [5, 5.41) is 3.19. The Bertz CT molecular complexity index is 209. The monoisotopic (exact) mass is 179 g/mol. The predicted octanol–water partition coefficient (Wildman–Crippen LogP) is 0.857. The van der Waals surface area contributed by atoms with E-state index >= 15 is 0 Å². The number of nitrogens with one attached hydrogen (secondary N) is 1. The van der Waals surface area contributed by atoms with Gasteiger partial charge in [0.15, 0.2) is 5.96 Å². The van der Waals surface area contributed by atoms with Gasteiger partial charge in [-0.3, -0.25) is 0 Å². The molecular formula is C10H17N3. The Hall–Kier alpha value is -1.17. The second-order valence-corrected chi connectivity index (χ2v) is 3.38. The zero-order chi connectivity index (χ0) is 9.52. The third-order valence-corrected chi connectivity index (χ3v) is 2.30. The molecule has 0 bridgehead atoms. The Morgan fingerprint density at radius 2 is 2.15 bits per heavy atom. The largest absolute Gasteiger partial charge is 0.370 e. The molecule has 1 aliphatic rings. The Morgan fingerprint density at radius 1 is 1.46 bits per heavy atom. The minimum atomic E-state index is 0.367. The van der Waals surface area contributed by atoms with Gasteiger partial charge < -0.3 is 11.1 Å². The highest BCUT2D eigenvalue weighted by atomic mass is 15.1. The minimum Gasteiger partial charge on any atom is -0.370 e. The number of aliphatic imine (C=N–C) groups is 1. The molecule has 0 radical (unpaired) electrons. The van der Waals surface area contributed by atoms with Crippen molar-refractivity contribution in [3.8, 4) is 12.3 Å². The van der Waals surface area contributed by atoms with Crippen LogP contribution in [0.3, 0.4) is 0 Å². The lowest BCUT2D eigenvalue weighted by Gasteiger charge is -2.22. The second-order valence-electron chi connectivity index (χ2n) is 3.38. The van der Waals surface area contributed by atoms with E-state index < -0.39 is 0 Å². The smallest absolute Gasteiger partial charge is 0.189 e. The molecular weight excluding hydrogens is 162 g/mol. The first kappa shape index (κ1) is 9.91. The molecule has 13 heavy (non-hydrogen) atoms. The maximum atomic E-state index is 5.63. The van der Waals surface area contributed by atoms with Gasteiger partial charge in [0.1, 0.15) is 6.54 Å². The van der Waals surface area contributed by atoms with Gasteiger partial charge in [-0.05, 0) is 12.8 Å². The lowest BCUT2D eigenvalue weighted by atomic mass is 9.96. The molecule has 0 heterocycles. The predicted molar refractivity (Wildman–Crippen MR) is 55.3 cm³/mol. The third-order valence-electron chi connectivity index (χ3n) is 2.30. The van der Waals surface area contributed by atoms with Crippen LogP contribution < -0.4 is 11.1 Å². The highest BCUT2D eigenvalue weighted by Gasteiger charge is 2.12. The molecule has 1 rings (SSSR count). The van der Waals surface area contributed by atoms with Gasteiger partial charge in [0, 0.05) is 6.04 Å². The van der Waals surface area contributed by atoms with Crippen LogP contribution in [0.2, 0.25) is 0 Å². The molecule has 0 aromatic rings. The number of nitrogens with zero attached hydrogens (tertiary/aromatic N) is 1. The fourth-order valence-electron chi connectivity index (χ4n) is 1.63. The van der Waals surface area contributed by atoms with Crippen LogP contribution in [0, 0.1) is 12.3 Å². The number of hydrogen-bond donors (Lipinski definition) is 2. The van der Waals surface area contributed by atoms with Gasteiger partial charge in [-0.2, -0.15) is 0 Å². The van der Waals surface area contributed by atoms with Crippen molar-refractivity contribution in [2.45, 2.75) is 38.1 Å². The van der Waals surface area contributed by atoms with Crippen LogP contribution in [0.25, 0.3) is 0 Å². The lowest BCUT2D eigenvalue weighted by Crippen LogP contribution is -2.41. The van der Waals surface area contributed by atoms with Gasteiger partial charge in [-0.15, -0.1) is 6.42 Å². The van der Waals surface area contributed by atoms with Crippen molar-refractivity contribution in [1.29, 1.82) is 0 Å². The molecule has 0 aromatic carbocycles. The summed E-state index contributed by atoms with van der Waals surface area (Å²) in [7, 11) is 0. The van der Waals surface area contributed by atoms with E-state index in [9.17, 15) is 0 Å². The normalized spacial score (nSPS) is 19.5. The molecule has 0 aromatic heterocycles. The quantitative estimate of drug-likeness (QED) is 0.375. The van der Waals surface area contributed by atoms with Crippen molar-refractivity contribution < 1.29 is 0 Å². The van der Waals surface area contributed by atoms with Crippen LogP contribution in [-0.2, 0) is 0 Å². The Balaban J connectivity index is 2.26. The molecule has 1 fully saturated rings. The molecule has 3 nitrogen and oxygen atoms in total. The average Bonchev–Trinajstić information content (AvgIpc) is 2.16. The van der Waals surface area contributed by atoms with E-state index in [4.69, 9.17) is 12.2 Å².